The first-order valence-corrected chi connectivity index (χ1v) is 16.7. The van der Waals surface area contributed by atoms with Crippen molar-refractivity contribution in [1.82, 2.24) is 5.32 Å². The number of aliphatic hydroxyl groups excluding tert-OH is 1. The van der Waals surface area contributed by atoms with E-state index in [9.17, 15) is 24.6 Å². The topological polar surface area (TPSA) is 131 Å². The number of thioether (sulfide) groups is 1. The molecule has 10 heteroatoms. The van der Waals surface area contributed by atoms with Crippen LogP contribution in [0.15, 0.2) is 102 Å². The lowest BCUT2D eigenvalue weighted by atomic mass is 9.91. The number of amides is 1. The Morgan fingerprint density at radius 1 is 0.875 bits per heavy atom. The van der Waals surface area contributed by atoms with E-state index in [-0.39, 0.29) is 42.7 Å². The Labute approximate surface area is 284 Å². The first-order chi connectivity index (χ1) is 23.1. The Hall–Kier alpha value is -4.48. The predicted molar refractivity (Wildman–Crippen MR) is 182 cm³/mol. The van der Waals surface area contributed by atoms with Gasteiger partial charge in [-0.3, -0.25) is 9.59 Å². The third-order valence-corrected chi connectivity index (χ3v) is 9.40. The minimum Gasteiger partial charge on any atom is -0.478 e. The number of hydrogen-bond acceptors (Lipinski definition) is 8. The molecule has 1 saturated heterocycles. The van der Waals surface area contributed by atoms with Crippen molar-refractivity contribution in [2.75, 3.05) is 5.75 Å². The van der Waals surface area contributed by atoms with Crippen molar-refractivity contribution < 1.29 is 38.8 Å². The Morgan fingerprint density at radius 3 is 2.29 bits per heavy atom. The maximum Gasteiger partial charge on any atom is 0.336 e. The lowest BCUT2D eigenvalue weighted by Gasteiger charge is -2.41. The van der Waals surface area contributed by atoms with Crippen LogP contribution in [0.2, 0.25) is 0 Å². The number of carboxylic acid groups (broad SMARTS) is 1. The molecule has 4 aromatic carbocycles. The van der Waals surface area contributed by atoms with Crippen molar-refractivity contribution in [2.24, 2.45) is 5.92 Å². The monoisotopic (exact) mass is 669 g/mol. The normalized spacial score (nSPS) is 19.7. The highest BCUT2D eigenvalue weighted by atomic mass is 32.2. The van der Waals surface area contributed by atoms with E-state index in [0.29, 0.717) is 10.6 Å². The molecule has 0 aromatic heterocycles. The number of ether oxygens (including phenoxy) is 3. The van der Waals surface area contributed by atoms with Gasteiger partial charge in [-0.2, -0.15) is 0 Å². The van der Waals surface area contributed by atoms with Crippen LogP contribution in [0.4, 0.5) is 0 Å². The van der Waals surface area contributed by atoms with Gasteiger partial charge in [0.15, 0.2) is 12.4 Å². The van der Waals surface area contributed by atoms with Gasteiger partial charge in [0.25, 0.3) is 5.91 Å². The van der Waals surface area contributed by atoms with Crippen molar-refractivity contribution in [1.29, 1.82) is 0 Å². The van der Waals surface area contributed by atoms with Crippen LogP contribution in [-0.4, -0.2) is 46.0 Å². The van der Waals surface area contributed by atoms with Crippen LogP contribution in [0, 0.1) is 5.92 Å². The fourth-order valence-corrected chi connectivity index (χ4v) is 6.82. The van der Waals surface area contributed by atoms with Crippen molar-refractivity contribution in [2.45, 2.75) is 63.4 Å². The minimum absolute atomic E-state index is 0.0525. The van der Waals surface area contributed by atoms with E-state index in [1.807, 2.05) is 84.9 Å². The molecule has 0 bridgehead atoms. The van der Waals surface area contributed by atoms with Crippen LogP contribution >= 0.6 is 11.8 Å². The maximum absolute atomic E-state index is 12.4. The van der Waals surface area contributed by atoms with Crippen LogP contribution in [0.1, 0.15) is 65.8 Å². The molecule has 0 radical (unpaired) electrons. The van der Waals surface area contributed by atoms with Gasteiger partial charge in [-0.05, 0) is 59.0 Å². The molecule has 1 heterocycles. The molecule has 0 spiro atoms. The van der Waals surface area contributed by atoms with Crippen molar-refractivity contribution in [3.05, 3.63) is 125 Å². The molecule has 0 aliphatic carbocycles. The molecule has 1 aliphatic heterocycles. The highest BCUT2D eigenvalue weighted by Crippen LogP contribution is 2.43. The maximum atomic E-state index is 12.4. The summed E-state index contributed by atoms with van der Waals surface area (Å²) in [5.74, 6) is -1.42. The molecule has 9 nitrogen and oxygen atoms in total. The van der Waals surface area contributed by atoms with E-state index < -0.39 is 24.3 Å². The fourth-order valence-electron chi connectivity index (χ4n) is 5.61. The summed E-state index contributed by atoms with van der Waals surface area (Å²) in [5.41, 5.74) is 5.60. The third kappa shape index (κ3) is 8.70. The largest absolute Gasteiger partial charge is 0.478 e. The fraction of sp³-hybridized carbons (Fsp3) is 0.289. The van der Waals surface area contributed by atoms with Gasteiger partial charge < -0.3 is 29.7 Å². The van der Waals surface area contributed by atoms with Gasteiger partial charge in [0.1, 0.15) is 0 Å². The molecule has 48 heavy (non-hydrogen) atoms. The minimum atomic E-state index is -0.974. The van der Waals surface area contributed by atoms with Gasteiger partial charge in [-0.25, -0.2) is 4.79 Å². The molecule has 5 unspecified atom stereocenters. The summed E-state index contributed by atoms with van der Waals surface area (Å²) in [6.45, 7) is 5.08. The lowest BCUT2D eigenvalue weighted by Crippen LogP contribution is -2.38. The molecule has 1 aliphatic rings. The van der Waals surface area contributed by atoms with Crippen LogP contribution in [0.5, 0.6) is 0 Å². The number of hydrogen-bond donors (Lipinski definition) is 3. The number of aliphatic hydroxyl groups is 1. The molecule has 3 N–H and O–H groups in total. The van der Waals surface area contributed by atoms with Crippen molar-refractivity contribution in [3.63, 3.8) is 0 Å². The zero-order chi connectivity index (χ0) is 34.2. The van der Waals surface area contributed by atoms with Crippen LogP contribution < -0.4 is 5.32 Å². The summed E-state index contributed by atoms with van der Waals surface area (Å²) < 4.78 is 18.2. The number of aromatic carboxylic acids is 1. The van der Waals surface area contributed by atoms with Gasteiger partial charge in [0.05, 0.1) is 24.4 Å². The first kappa shape index (κ1) is 34.8. The molecule has 0 saturated carbocycles. The number of rotatable bonds is 12. The van der Waals surface area contributed by atoms with Crippen molar-refractivity contribution in [3.8, 4) is 11.1 Å². The van der Waals surface area contributed by atoms with E-state index in [2.05, 4.69) is 12.2 Å². The summed E-state index contributed by atoms with van der Waals surface area (Å²) in [6, 6.07) is 30.4. The predicted octanol–water partition coefficient (Wildman–Crippen LogP) is 6.70. The van der Waals surface area contributed by atoms with Gasteiger partial charge in [0.2, 0.25) is 0 Å². The summed E-state index contributed by atoms with van der Waals surface area (Å²) in [5, 5.41) is 22.1. The molecule has 4 aromatic rings. The standard InChI is InChI=1S/C38H39NO8S/c1-23-33(22-48-34-13-5-4-12-32(34)37(43)44)46-38(47-35(23)28-16-14-26(21-40)15-17-28)31-11-7-10-30(19-31)29-9-6-8-27(18-29)20-39-36(42)24(2)45-25(3)41/h4-19,23-24,33,35,38,40H,20-22H2,1-3H3,(H,39,42)(H,43,44). The number of esters is 1. The summed E-state index contributed by atoms with van der Waals surface area (Å²) in [7, 11) is 0. The third-order valence-electron chi connectivity index (χ3n) is 8.24. The average Bonchev–Trinajstić information content (AvgIpc) is 3.10. The lowest BCUT2D eigenvalue weighted by molar-refractivity contribution is -0.268. The number of carbonyl (C=O) groups is 3. The van der Waals surface area contributed by atoms with E-state index in [4.69, 9.17) is 14.2 Å². The van der Waals surface area contributed by atoms with E-state index in [1.165, 1.54) is 25.6 Å². The molecule has 250 valence electrons. The second-order valence-corrected chi connectivity index (χ2v) is 12.8. The van der Waals surface area contributed by atoms with E-state index in [0.717, 1.165) is 33.4 Å². The van der Waals surface area contributed by atoms with Gasteiger partial charge in [-0.1, -0.05) is 79.7 Å². The number of nitrogens with one attached hydrogen (secondary N) is 1. The summed E-state index contributed by atoms with van der Waals surface area (Å²) in [4.78, 5) is 36.1. The number of benzene rings is 4. The smallest absolute Gasteiger partial charge is 0.336 e. The number of carboxylic acids is 1. The molecule has 5 atom stereocenters. The zero-order valence-electron chi connectivity index (χ0n) is 27.0. The average molecular weight is 670 g/mol. The van der Waals surface area contributed by atoms with Gasteiger partial charge in [0, 0.05) is 35.6 Å². The Balaban J connectivity index is 1.38. The van der Waals surface area contributed by atoms with E-state index in [1.54, 1.807) is 12.1 Å². The Kier molecular flexibility index (Phi) is 11.7. The van der Waals surface area contributed by atoms with Gasteiger partial charge in [-0.15, -0.1) is 11.8 Å². The molecule has 1 fully saturated rings. The molecular weight excluding hydrogens is 630 g/mol. The Morgan fingerprint density at radius 2 is 1.58 bits per heavy atom. The molecule has 5 rings (SSSR count). The van der Waals surface area contributed by atoms with E-state index >= 15 is 0 Å². The quantitative estimate of drug-likeness (QED) is 0.111. The van der Waals surface area contributed by atoms with Crippen LogP contribution in [0.3, 0.4) is 0 Å². The highest BCUT2D eigenvalue weighted by molar-refractivity contribution is 7.99. The second-order valence-electron chi connectivity index (χ2n) is 11.7. The first-order valence-electron chi connectivity index (χ1n) is 15.7. The zero-order valence-corrected chi connectivity index (χ0v) is 27.8. The number of carbonyl (C=O) groups excluding carboxylic acids is 2. The molecule has 1 amide bonds. The molecular formula is C38H39NO8S. The highest BCUT2D eigenvalue weighted by Gasteiger charge is 2.38. The van der Waals surface area contributed by atoms with Crippen molar-refractivity contribution >= 4 is 29.6 Å². The second kappa shape index (κ2) is 16.1. The van der Waals surface area contributed by atoms with Gasteiger partial charge >= 0.3 is 11.9 Å². The summed E-state index contributed by atoms with van der Waals surface area (Å²) >= 11 is 1.45. The van der Waals surface area contributed by atoms with Crippen LogP contribution in [0.25, 0.3) is 11.1 Å². The van der Waals surface area contributed by atoms with Crippen LogP contribution in [-0.2, 0) is 37.0 Å². The SMILES string of the molecule is CC(=O)OC(C)C(=O)NCc1cccc(-c2cccc(C3OC(CSc4ccccc4C(=O)O)C(C)C(c4ccc(CO)cc4)O3)c2)c1. The summed E-state index contributed by atoms with van der Waals surface area (Å²) in [6.07, 6.45) is -2.18. The Bertz CT molecular complexity index is 1740.